The highest BCUT2D eigenvalue weighted by Gasteiger charge is 2.28. The molecule has 17 heavy (non-hydrogen) atoms. The van der Waals surface area contributed by atoms with Crippen molar-refractivity contribution >= 4 is 5.82 Å². The van der Waals surface area contributed by atoms with Crippen molar-refractivity contribution in [2.75, 3.05) is 5.32 Å². The fraction of sp³-hybridized carbons (Fsp3) is 0.692. The second kappa shape index (κ2) is 3.67. The van der Waals surface area contributed by atoms with E-state index < -0.39 is 0 Å². The van der Waals surface area contributed by atoms with E-state index >= 15 is 0 Å². The summed E-state index contributed by atoms with van der Waals surface area (Å²) in [7, 11) is 0. The fourth-order valence-corrected chi connectivity index (χ4v) is 2.04. The summed E-state index contributed by atoms with van der Waals surface area (Å²) >= 11 is 0. The summed E-state index contributed by atoms with van der Waals surface area (Å²) in [6, 6.07) is 0.641. The maximum atomic E-state index is 4.73. The average molecular weight is 232 g/mol. The van der Waals surface area contributed by atoms with Gasteiger partial charge in [0.1, 0.15) is 11.6 Å². The first-order valence-electron chi connectivity index (χ1n) is 6.41. The van der Waals surface area contributed by atoms with Gasteiger partial charge in [0.15, 0.2) is 0 Å². The van der Waals surface area contributed by atoms with Gasteiger partial charge in [0.2, 0.25) is 0 Å². The van der Waals surface area contributed by atoms with Crippen molar-refractivity contribution in [2.45, 2.75) is 58.2 Å². The van der Waals surface area contributed by atoms with E-state index in [9.17, 15) is 0 Å². The zero-order valence-electron chi connectivity index (χ0n) is 10.8. The molecule has 0 aromatic carbocycles. The molecule has 0 radical (unpaired) electrons. The number of anilines is 1. The number of nitrogens with one attached hydrogen (secondary N) is 2. The van der Waals surface area contributed by atoms with Crippen LogP contribution in [-0.2, 0) is 18.5 Å². The quantitative estimate of drug-likeness (QED) is 0.818. The molecule has 0 atom stereocenters. The summed E-state index contributed by atoms with van der Waals surface area (Å²) in [5.41, 5.74) is 2.45. The van der Waals surface area contributed by atoms with Crippen LogP contribution >= 0.6 is 0 Å². The van der Waals surface area contributed by atoms with Crippen LogP contribution in [0.3, 0.4) is 0 Å². The van der Waals surface area contributed by atoms with Gasteiger partial charge < -0.3 is 10.6 Å². The zero-order valence-corrected chi connectivity index (χ0v) is 10.8. The van der Waals surface area contributed by atoms with Gasteiger partial charge in [-0.3, -0.25) is 0 Å². The Bertz CT molecular complexity index is 443. The molecule has 1 aliphatic heterocycles. The van der Waals surface area contributed by atoms with E-state index in [1.807, 2.05) is 0 Å². The van der Waals surface area contributed by atoms with Gasteiger partial charge in [-0.25, -0.2) is 9.97 Å². The molecule has 0 saturated heterocycles. The van der Waals surface area contributed by atoms with E-state index in [0.29, 0.717) is 6.04 Å². The Morgan fingerprint density at radius 2 is 1.94 bits per heavy atom. The summed E-state index contributed by atoms with van der Waals surface area (Å²) in [5.74, 6) is 2.01. The molecule has 1 aromatic rings. The van der Waals surface area contributed by atoms with Crippen LogP contribution in [0.5, 0.6) is 0 Å². The number of hydrogen-bond acceptors (Lipinski definition) is 4. The third kappa shape index (κ3) is 2.14. The molecule has 1 aliphatic carbocycles. The molecular formula is C13H20N4. The predicted octanol–water partition coefficient (Wildman–Crippen LogP) is 1.95. The van der Waals surface area contributed by atoms with Gasteiger partial charge in [-0.2, -0.15) is 0 Å². The Labute approximate surface area is 102 Å². The SMILES string of the molecule is CC(C)(C)c1nc2c(c(NC3CC3)n1)CNC2. The smallest absolute Gasteiger partial charge is 0.136 e. The van der Waals surface area contributed by atoms with Crippen LogP contribution in [-0.4, -0.2) is 16.0 Å². The van der Waals surface area contributed by atoms with E-state index in [4.69, 9.17) is 9.97 Å². The van der Waals surface area contributed by atoms with Crippen molar-refractivity contribution in [1.29, 1.82) is 0 Å². The lowest BCUT2D eigenvalue weighted by Crippen LogP contribution is -2.19. The van der Waals surface area contributed by atoms with Crippen LogP contribution in [0.1, 0.15) is 50.7 Å². The fourth-order valence-electron chi connectivity index (χ4n) is 2.04. The zero-order chi connectivity index (χ0) is 12.0. The highest BCUT2D eigenvalue weighted by molar-refractivity contribution is 5.50. The van der Waals surface area contributed by atoms with E-state index in [0.717, 1.165) is 24.7 Å². The van der Waals surface area contributed by atoms with Crippen molar-refractivity contribution in [1.82, 2.24) is 15.3 Å². The lowest BCUT2D eigenvalue weighted by atomic mass is 9.95. The molecule has 3 rings (SSSR count). The standard InChI is InChI=1S/C13H20N4/c1-13(2,3)12-16-10-7-14-6-9(10)11(17-12)15-8-4-5-8/h8,14H,4-7H2,1-3H3,(H,15,16,17). The third-order valence-electron chi connectivity index (χ3n) is 3.28. The first-order chi connectivity index (χ1) is 8.04. The molecule has 0 unspecified atom stereocenters. The minimum atomic E-state index is 0.0115. The molecule has 1 aromatic heterocycles. The molecule has 4 nitrogen and oxygen atoms in total. The Morgan fingerprint density at radius 1 is 1.18 bits per heavy atom. The molecular weight excluding hydrogens is 212 g/mol. The van der Waals surface area contributed by atoms with Crippen LogP contribution in [0.15, 0.2) is 0 Å². The number of fused-ring (bicyclic) bond motifs is 1. The molecule has 0 amide bonds. The molecule has 2 N–H and O–H groups in total. The maximum absolute atomic E-state index is 4.73. The van der Waals surface area contributed by atoms with Crippen LogP contribution < -0.4 is 10.6 Å². The van der Waals surface area contributed by atoms with Gasteiger partial charge in [-0.05, 0) is 12.8 Å². The molecule has 4 heteroatoms. The van der Waals surface area contributed by atoms with Crippen LogP contribution in [0.25, 0.3) is 0 Å². The van der Waals surface area contributed by atoms with Crippen molar-refractivity contribution in [3.05, 3.63) is 17.1 Å². The number of nitrogens with zero attached hydrogens (tertiary/aromatic N) is 2. The number of aromatic nitrogens is 2. The Kier molecular flexibility index (Phi) is 2.36. The predicted molar refractivity (Wildman–Crippen MR) is 67.9 cm³/mol. The molecule has 1 saturated carbocycles. The van der Waals surface area contributed by atoms with Crippen LogP contribution in [0, 0.1) is 0 Å². The number of hydrogen-bond donors (Lipinski definition) is 2. The second-order valence-electron chi connectivity index (χ2n) is 6.09. The van der Waals surface area contributed by atoms with Crippen molar-refractivity contribution in [3.63, 3.8) is 0 Å². The van der Waals surface area contributed by atoms with Crippen molar-refractivity contribution in [2.24, 2.45) is 0 Å². The molecule has 0 spiro atoms. The summed E-state index contributed by atoms with van der Waals surface area (Å²) in [6.07, 6.45) is 2.55. The van der Waals surface area contributed by atoms with Crippen molar-refractivity contribution in [3.8, 4) is 0 Å². The first kappa shape index (κ1) is 11.0. The summed E-state index contributed by atoms with van der Waals surface area (Å²) in [6.45, 7) is 8.27. The summed E-state index contributed by atoms with van der Waals surface area (Å²) in [4.78, 5) is 9.43. The van der Waals surface area contributed by atoms with Crippen LogP contribution in [0.4, 0.5) is 5.82 Å². The largest absolute Gasteiger partial charge is 0.367 e. The second-order valence-corrected chi connectivity index (χ2v) is 6.09. The third-order valence-corrected chi connectivity index (χ3v) is 3.28. The summed E-state index contributed by atoms with van der Waals surface area (Å²) in [5, 5.41) is 6.90. The lowest BCUT2D eigenvalue weighted by Gasteiger charge is -2.19. The molecule has 2 heterocycles. The van der Waals surface area contributed by atoms with E-state index in [1.54, 1.807) is 0 Å². The lowest BCUT2D eigenvalue weighted by molar-refractivity contribution is 0.542. The van der Waals surface area contributed by atoms with Gasteiger partial charge in [-0.15, -0.1) is 0 Å². The minimum Gasteiger partial charge on any atom is -0.367 e. The van der Waals surface area contributed by atoms with Crippen molar-refractivity contribution < 1.29 is 0 Å². The van der Waals surface area contributed by atoms with E-state index in [-0.39, 0.29) is 5.41 Å². The summed E-state index contributed by atoms with van der Waals surface area (Å²) < 4.78 is 0. The topological polar surface area (TPSA) is 49.8 Å². The highest BCUT2D eigenvalue weighted by atomic mass is 15.1. The average Bonchev–Trinajstić information content (AvgIpc) is 2.92. The normalized spacial score (nSPS) is 19.2. The van der Waals surface area contributed by atoms with Crippen LogP contribution in [0.2, 0.25) is 0 Å². The Balaban J connectivity index is 2.02. The van der Waals surface area contributed by atoms with Gasteiger partial charge in [-0.1, -0.05) is 20.8 Å². The minimum absolute atomic E-state index is 0.0115. The number of rotatable bonds is 2. The first-order valence-corrected chi connectivity index (χ1v) is 6.41. The van der Waals surface area contributed by atoms with E-state index in [1.165, 1.54) is 24.1 Å². The Hall–Kier alpha value is -1.16. The van der Waals surface area contributed by atoms with E-state index in [2.05, 4.69) is 31.4 Å². The highest BCUT2D eigenvalue weighted by Crippen LogP contribution is 2.30. The van der Waals surface area contributed by atoms with Gasteiger partial charge in [0, 0.05) is 30.1 Å². The van der Waals surface area contributed by atoms with Gasteiger partial charge >= 0.3 is 0 Å². The molecule has 1 fully saturated rings. The molecule has 0 bridgehead atoms. The molecule has 92 valence electrons. The Morgan fingerprint density at radius 3 is 2.59 bits per heavy atom. The van der Waals surface area contributed by atoms with Gasteiger partial charge in [0.05, 0.1) is 5.69 Å². The maximum Gasteiger partial charge on any atom is 0.136 e. The van der Waals surface area contributed by atoms with Gasteiger partial charge in [0.25, 0.3) is 0 Å². The monoisotopic (exact) mass is 232 g/mol. The molecule has 2 aliphatic rings.